The van der Waals surface area contributed by atoms with Crippen molar-refractivity contribution >= 4 is 47.8 Å². The first-order valence-corrected chi connectivity index (χ1v) is 11.4. The van der Waals surface area contributed by atoms with E-state index in [1.165, 1.54) is 16.7 Å². The minimum atomic E-state index is -3.49. The predicted molar refractivity (Wildman–Crippen MR) is 114 cm³/mol. The first-order valence-electron chi connectivity index (χ1n) is 8.50. The molecule has 1 unspecified atom stereocenters. The topological polar surface area (TPSA) is 37.4 Å². The van der Waals surface area contributed by atoms with Crippen LogP contribution in [0.15, 0.2) is 52.9 Å². The summed E-state index contributed by atoms with van der Waals surface area (Å²) in [5.74, 6) is 0. The van der Waals surface area contributed by atoms with E-state index in [-0.39, 0.29) is 5.41 Å². The van der Waals surface area contributed by atoms with Crippen molar-refractivity contribution < 1.29 is 8.42 Å². The van der Waals surface area contributed by atoms with Crippen molar-refractivity contribution in [3.8, 4) is 0 Å². The first kappa shape index (κ1) is 18.5. The van der Waals surface area contributed by atoms with Gasteiger partial charge in [-0.15, -0.1) is 0 Å². The highest BCUT2D eigenvalue weighted by molar-refractivity contribution is 14.1. The fourth-order valence-electron chi connectivity index (χ4n) is 3.93. The standard InChI is InChI=1S/C20H19ClINO2S/c1-13-3-6-15(7-4-13)26(24,25)23-10-9-20(2)17-11-14(21)5-8-16(17)19(22)18(20)12-23/h3-8,11H,9-10,12H2,1-2H3. The molecule has 0 saturated carbocycles. The molecule has 136 valence electrons. The fourth-order valence-corrected chi connectivity index (χ4v) is 6.75. The minimum absolute atomic E-state index is 0.143. The van der Waals surface area contributed by atoms with Gasteiger partial charge in [-0.1, -0.05) is 42.3 Å². The van der Waals surface area contributed by atoms with Gasteiger partial charge in [0.05, 0.1) is 4.90 Å². The van der Waals surface area contributed by atoms with Gasteiger partial charge in [0.1, 0.15) is 0 Å². The zero-order valence-electron chi connectivity index (χ0n) is 14.6. The first-order chi connectivity index (χ1) is 12.2. The Balaban J connectivity index is 1.73. The van der Waals surface area contributed by atoms with Gasteiger partial charge in [0, 0.05) is 27.1 Å². The number of halogens is 2. The number of benzene rings is 2. The SMILES string of the molecule is Cc1ccc(S(=O)(=O)N2CCC3(C)C(=C(I)c4ccc(Cl)cc43)C2)cc1. The second-order valence-electron chi connectivity index (χ2n) is 7.22. The van der Waals surface area contributed by atoms with Crippen molar-refractivity contribution in [2.45, 2.75) is 30.6 Å². The third-order valence-corrected chi connectivity index (χ3v) is 8.92. The van der Waals surface area contributed by atoms with Crippen LogP contribution in [0.1, 0.15) is 30.0 Å². The van der Waals surface area contributed by atoms with E-state index >= 15 is 0 Å². The van der Waals surface area contributed by atoms with E-state index in [1.807, 2.05) is 31.2 Å². The lowest BCUT2D eigenvalue weighted by molar-refractivity contribution is 0.324. The molecule has 3 nitrogen and oxygen atoms in total. The predicted octanol–water partition coefficient (Wildman–Crippen LogP) is 5.16. The zero-order chi connectivity index (χ0) is 18.7. The quantitative estimate of drug-likeness (QED) is 0.535. The second-order valence-corrected chi connectivity index (χ2v) is 10.7. The Bertz CT molecular complexity index is 1030. The molecule has 1 fully saturated rings. The number of fused-ring (bicyclic) bond motifs is 3. The third kappa shape index (κ3) is 2.75. The van der Waals surface area contributed by atoms with Crippen LogP contribution >= 0.6 is 34.2 Å². The Labute approximate surface area is 173 Å². The number of nitrogens with zero attached hydrogens (tertiary/aromatic N) is 1. The summed E-state index contributed by atoms with van der Waals surface area (Å²) in [6.45, 7) is 5.10. The summed E-state index contributed by atoms with van der Waals surface area (Å²) in [4.78, 5) is 0.362. The molecule has 6 heteroatoms. The smallest absolute Gasteiger partial charge is 0.207 e. The fraction of sp³-hybridized carbons (Fsp3) is 0.300. The zero-order valence-corrected chi connectivity index (χ0v) is 18.3. The van der Waals surface area contributed by atoms with Gasteiger partial charge in [-0.2, -0.15) is 4.31 Å². The largest absolute Gasteiger partial charge is 0.243 e. The highest BCUT2D eigenvalue weighted by atomic mass is 127. The average molecular weight is 500 g/mol. The molecule has 0 aromatic heterocycles. The molecule has 0 spiro atoms. The summed E-state index contributed by atoms with van der Waals surface area (Å²) in [6.07, 6.45) is 0.757. The molecule has 2 aliphatic rings. The summed E-state index contributed by atoms with van der Waals surface area (Å²) in [5.41, 5.74) is 4.49. The minimum Gasteiger partial charge on any atom is -0.207 e. The highest BCUT2D eigenvalue weighted by Gasteiger charge is 2.46. The molecule has 0 radical (unpaired) electrons. The molecular formula is C20H19ClINO2S. The van der Waals surface area contributed by atoms with Crippen LogP contribution in [-0.4, -0.2) is 25.8 Å². The van der Waals surface area contributed by atoms with Crippen molar-refractivity contribution in [3.05, 3.63) is 69.8 Å². The second kappa shape index (κ2) is 6.33. The maximum atomic E-state index is 13.1. The molecule has 1 atom stereocenters. The maximum absolute atomic E-state index is 13.1. The Morgan fingerprint density at radius 3 is 2.54 bits per heavy atom. The van der Waals surface area contributed by atoms with Gasteiger partial charge in [0.2, 0.25) is 10.0 Å². The van der Waals surface area contributed by atoms with E-state index in [4.69, 9.17) is 11.6 Å². The molecule has 1 aliphatic heterocycles. The molecule has 1 heterocycles. The van der Waals surface area contributed by atoms with Crippen LogP contribution in [0.5, 0.6) is 0 Å². The van der Waals surface area contributed by atoms with E-state index in [9.17, 15) is 8.42 Å². The van der Waals surface area contributed by atoms with E-state index < -0.39 is 10.0 Å². The normalized spacial score (nSPS) is 23.1. The van der Waals surface area contributed by atoms with E-state index in [2.05, 4.69) is 35.6 Å². The summed E-state index contributed by atoms with van der Waals surface area (Å²) >= 11 is 8.58. The van der Waals surface area contributed by atoms with Gasteiger partial charge in [0.15, 0.2) is 0 Å². The van der Waals surface area contributed by atoms with Crippen LogP contribution in [0.2, 0.25) is 5.02 Å². The number of sulfonamides is 1. The highest BCUT2D eigenvalue weighted by Crippen LogP contribution is 2.53. The molecule has 1 saturated heterocycles. The van der Waals surface area contributed by atoms with Crippen molar-refractivity contribution in [3.63, 3.8) is 0 Å². The summed E-state index contributed by atoms with van der Waals surface area (Å²) in [6, 6.07) is 13.1. The van der Waals surface area contributed by atoms with Gasteiger partial charge in [0.25, 0.3) is 0 Å². The number of hydrogen-bond donors (Lipinski definition) is 0. The number of piperidine rings is 1. The summed E-state index contributed by atoms with van der Waals surface area (Å²) in [7, 11) is -3.49. The maximum Gasteiger partial charge on any atom is 0.243 e. The third-order valence-electron chi connectivity index (χ3n) is 5.60. The van der Waals surface area contributed by atoms with Crippen LogP contribution in [-0.2, 0) is 15.4 Å². The lowest BCUT2D eigenvalue weighted by Gasteiger charge is -2.39. The lowest BCUT2D eigenvalue weighted by atomic mass is 9.74. The molecule has 4 rings (SSSR count). The van der Waals surface area contributed by atoms with Gasteiger partial charge in [-0.25, -0.2) is 8.42 Å². The Hall–Kier alpha value is -0.890. The molecule has 2 aromatic rings. The Kier molecular flexibility index (Phi) is 4.50. The van der Waals surface area contributed by atoms with Crippen LogP contribution in [0, 0.1) is 6.92 Å². The Morgan fingerprint density at radius 2 is 1.85 bits per heavy atom. The van der Waals surface area contributed by atoms with Gasteiger partial charge in [-0.05, 0) is 76.9 Å². The molecule has 2 aromatic carbocycles. The van der Waals surface area contributed by atoms with Gasteiger partial charge >= 0.3 is 0 Å². The van der Waals surface area contributed by atoms with Crippen molar-refractivity contribution in [2.75, 3.05) is 13.1 Å². The van der Waals surface area contributed by atoms with Gasteiger partial charge < -0.3 is 0 Å². The van der Waals surface area contributed by atoms with Crippen molar-refractivity contribution in [1.82, 2.24) is 4.31 Å². The van der Waals surface area contributed by atoms with E-state index in [1.54, 1.807) is 16.4 Å². The van der Waals surface area contributed by atoms with Crippen LogP contribution in [0.3, 0.4) is 0 Å². The Morgan fingerprint density at radius 1 is 1.15 bits per heavy atom. The van der Waals surface area contributed by atoms with Crippen molar-refractivity contribution in [2.24, 2.45) is 0 Å². The van der Waals surface area contributed by atoms with Gasteiger partial charge in [-0.3, -0.25) is 0 Å². The molecule has 26 heavy (non-hydrogen) atoms. The number of aryl methyl sites for hydroxylation is 1. The molecule has 1 aliphatic carbocycles. The van der Waals surface area contributed by atoms with E-state index in [0.29, 0.717) is 18.0 Å². The monoisotopic (exact) mass is 499 g/mol. The van der Waals surface area contributed by atoms with E-state index in [0.717, 1.165) is 20.6 Å². The molecule has 0 amide bonds. The lowest BCUT2D eigenvalue weighted by Crippen LogP contribution is -2.44. The number of rotatable bonds is 2. The van der Waals surface area contributed by atoms with Crippen LogP contribution < -0.4 is 0 Å². The van der Waals surface area contributed by atoms with Crippen LogP contribution in [0.25, 0.3) is 3.58 Å². The number of hydrogen-bond acceptors (Lipinski definition) is 2. The summed E-state index contributed by atoms with van der Waals surface area (Å²) < 4.78 is 29.0. The van der Waals surface area contributed by atoms with Crippen LogP contribution in [0.4, 0.5) is 0 Å². The van der Waals surface area contributed by atoms with Crippen molar-refractivity contribution in [1.29, 1.82) is 0 Å². The summed E-state index contributed by atoms with van der Waals surface area (Å²) in [5, 5.41) is 0.727. The molecule has 0 bridgehead atoms. The average Bonchev–Trinajstić information content (AvgIpc) is 2.82. The molecular weight excluding hydrogens is 481 g/mol. The molecule has 0 N–H and O–H groups in total.